The summed E-state index contributed by atoms with van der Waals surface area (Å²) in [4.78, 5) is 26.8. The number of carbonyl (C=O) groups is 2. The van der Waals surface area contributed by atoms with E-state index in [1.165, 1.54) is 12.1 Å². The molecule has 0 radical (unpaired) electrons. The monoisotopic (exact) mass is 407 g/mol. The third-order valence-electron chi connectivity index (χ3n) is 5.40. The Morgan fingerprint density at radius 1 is 1.17 bits per heavy atom. The van der Waals surface area contributed by atoms with Gasteiger partial charge in [0.15, 0.2) is 0 Å². The summed E-state index contributed by atoms with van der Waals surface area (Å²) in [6.45, 7) is 11.8. The third kappa shape index (κ3) is 6.18. The van der Waals surface area contributed by atoms with Crippen LogP contribution < -0.4 is 0 Å². The summed E-state index contributed by atoms with van der Waals surface area (Å²) in [5.74, 6) is -0.555. The first kappa shape index (κ1) is 23.2. The molecule has 0 aromatic heterocycles. The second kappa shape index (κ2) is 9.14. The van der Waals surface area contributed by atoms with Crippen molar-refractivity contribution in [2.45, 2.75) is 84.9 Å². The van der Waals surface area contributed by atoms with E-state index in [0.717, 1.165) is 18.4 Å². The van der Waals surface area contributed by atoms with Crippen LogP contribution in [0.25, 0.3) is 0 Å². The second-order valence-electron chi connectivity index (χ2n) is 9.35. The Hall–Kier alpha value is -2.11. The summed E-state index contributed by atoms with van der Waals surface area (Å²) >= 11 is 0. The molecule has 1 amide bonds. The molecule has 2 atom stereocenters. The van der Waals surface area contributed by atoms with Gasteiger partial charge in [0.2, 0.25) is 0 Å². The van der Waals surface area contributed by atoms with Crippen LogP contribution in [0.3, 0.4) is 0 Å². The molecule has 0 spiro atoms. The molecule has 0 bridgehead atoms. The minimum Gasteiger partial charge on any atom is -0.466 e. The van der Waals surface area contributed by atoms with Gasteiger partial charge in [0, 0.05) is 12.5 Å². The molecule has 29 heavy (non-hydrogen) atoms. The van der Waals surface area contributed by atoms with E-state index in [0.29, 0.717) is 19.4 Å². The van der Waals surface area contributed by atoms with E-state index < -0.39 is 11.7 Å². The number of rotatable bonds is 6. The number of hydrogen-bond donors (Lipinski definition) is 0. The van der Waals surface area contributed by atoms with Crippen LogP contribution in [0, 0.1) is 11.2 Å². The van der Waals surface area contributed by atoms with Crippen molar-refractivity contribution < 1.29 is 23.5 Å². The van der Waals surface area contributed by atoms with Gasteiger partial charge in [-0.15, -0.1) is 0 Å². The predicted molar refractivity (Wildman–Crippen MR) is 110 cm³/mol. The highest BCUT2D eigenvalue weighted by molar-refractivity contribution is 5.70. The van der Waals surface area contributed by atoms with E-state index >= 15 is 0 Å². The van der Waals surface area contributed by atoms with Crippen molar-refractivity contribution in [1.29, 1.82) is 0 Å². The fourth-order valence-electron chi connectivity index (χ4n) is 4.01. The van der Waals surface area contributed by atoms with Gasteiger partial charge >= 0.3 is 12.1 Å². The van der Waals surface area contributed by atoms with Gasteiger partial charge in [-0.3, -0.25) is 9.69 Å². The van der Waals surface area contributed by atoms with Crippen LogP contribution in [0.2, 0.25) is 0 Å². The largest absolute Gasteiger partial charge is 0.466 e. The van der Waals surface area contributed by atoms with Gasteiger partial charge in [0.25, 0.3) is 0 Å². The third-order valence-corrected chi connectivity index (χ3v) is 5.40. The minimum atomic E-state index is -0.633. The highest BCUT2D eigenvalue weighted by Gasteiger charge is 2.46. The molecular formula is C23H34FNO4. The smallest absolute Gasteiger partial charge is 0.411 e. The number of amides is 1. The zero-order chi connectivity index (χ0) is 21.8. The fourth-order valence-corrected chi connectivity index (χ4v) is 4.01. The SMILES string of the molecule is CCOC(=O)CCC(C)(C)[C@H]1CC[C@@H](c2cccc(F)c2)N1C(=O)OC(C)(C)C. The first-order valence-corrected chi connectivity index (χ1v) is 10.4. The average molecular weight is 408 g/mol. The lowest BCUT2D eigenvalue weighted by atomic mass is 9.79. The first-order chi connectivity index (χ1) is 13.4. The highest BCUT2D eigenvalue weighted by atomic mass is 19.1. The van der Waals surface area contributed by atoms with Crippen molar-refractivity contribution >= 4 is 12.1 Å². The maximum absolute atomic E-state index is 13.8. The first-order valence-electron chi connectivity index (χ1n) is 10.4. The lowest BCUT2D eigenvalue weighted by molar-refractivity contribution is -0.143. The van der Waals surface area contributed by atoms with E-state index in [1.807, 2.05) is 26.8 Å². The zero-order valence-electron chi connectivity index (χ0n) is 18.5. The minimum absolute atomic E-state index is 0.125. The van der Waals surface area contributed by atoms with Crippen LogP contribution in [0.4, 0.5) is 9.18 Å². The van der Waals surface area contributed by atoms with E-state index in [-0.39, 0.29) is 29.3 Å². The number of ether oxygens (including phenoxy) is 2. The van der Waals surface area contributed by atoms with Crippen molar-refractivity contribution in [2.75, 3.05) is 6.61 Å². The molecule has 5 nitrogen and oxygen atoms in total. The van der Waals surface area contributed by atoms with Gasteiger partial charge in [-0.1, -0.05) is 26.0 Å². The molecule has 2 rings (SSSR count). The molecule has 0 N–H and O–H groups in total. The van der Waals surface area contributed by atoms with Crippen molar-refractivity contribution in [3.63, 3.8) is 0 Å². The Labute approximate surface area is 173 Å². The average Bonchev–Trinajstić information content (AvgIpc) is 3.05. The Morgan fingerprint density at radius 2 is 1.86 bits per heavy atom. The summed E-state index contributed by atoms with van der Waals surface area (Å²) < 4.78 is 24.6. The van der Waals surface area contributed by atoms with Crippen LogP contribution in [0.15, 0.2) is 24.3 Å². The summed E-state index contributed by atoms with van der Waals surface area (Å²) in [6, 6.07) is 6.01. The Morgan fingerprint density at radius 3 is 2.45 bits per heavy atom. The number of nitrogens with zero attached hydrogens (tertiary/aromatic N) is 1. The lowest BCUT2D eigenvalue weighted by Crippen LogP contribution is -2.47. The second-order valence-corrected chi connectivity index (χ2v) is 9.35. The lowest BCUT2D eigenvalue weighted by Gasteiger charge is -2.40. The van der Waals surface area contributed by atoms with Crippen molar-refractivity contribution in [2.24, 2.45) is 5.41 Å². The summed E-state index contributed by atoms with van der Waals surface area (Å²) in [5.41, 5.74) is -0.197. The van der Waals surface area contributed by atoms with Gasteiger partial charge in [-0.2, -0.15) is 0 Å². The Kier molecular flexibility index (Phi) is 7.30. The maximum atomic E-state index is 13.8. The number of benzene rings is 1. The highest BCUT2D eigenvalue weighted by Crippen LogP contribution is 2.45. The van der Waals surface area contributed by atoms with Gasteiger partial charge in [-0.05, 0) is 70.1 Å². The zero-order valence-corrected chi connectivity index (χ0v) is 18.5. The molecule has 162 valence electrons. The molecule has 0 unspecified atom stereocenters. The van der Waals surface area contributed by atoms with Gasteiger partial charge in [0.05, 0.1) is 12.6 Å². The van der Waals surface area contributed by atoms with Crippen LogP contribution >= 0.6 is 0 Å². The van der Waals surface area contributed by atoms with Gasteiger partial charge < -0.3 is 9.47 Å². The van der Waals surface area contributed by atoms with Crippen molar-refractivity contribution in [3.8, 4) is 0 Å². The molecular weight excluding hydrogens is 373 g/mol. The van der Waals surface area contributed by atoms with Crippen LogP contribution in [0.5, 0.6) is 0 Å². The van der Waals surface area contributed by atoms with E-state index in [1.54, 1.807) is 17.9 Å². The molecule has 6 heteroatoms. The molecule has 1 fully saturated rings. The predicted octanol–water partition coefficient (Wildman–Crippen LogP) is 5.64. The number of esters is 1. The van der Waals surface area contributed by atoms with Gasteiger partial charge in [0.1, 0.15) is 11.4 Å². The van der Waals surface area contributed by atoms with E-state index in [2.05, 4.69) is 13.8 Å². The van der Waals surface area contributed by atoms with E-state index in [9.17, 15) is 14.0 Å². The quantitative estimate of drug-likeness (QED) is 0.573. The summed E-state index contributed by atoms with van der Waals surface area (Å²) in [6.07, 6.45) is 1.96. The molecule has 0 saturated carbocycles. The molecule has 1 saturated heterocycles. The number of hydrogen-bond acceptors (Lipinski definition) is 4. The summed E-state index contributed by atoms with van der Waals surface area (Å²) in [5, 5.41) is 0. The molecule has 1 aromatic rings. The van der Waals surface area contributed by atoms with Crippen LogP contribution in [-0.4, -0.2) is 35.2 Å². The molecule has 1 aromatic carbocycles. The molecule has 1 aliphatic rings. The fraction of sp³-hybridized carbons (Fsp3) is 0.652. The number of likely N-dealkylation sites (tertiary alicyclic amines) is 1. The molecule has 0 aliphatic carbocycles. The molecule has 1 heterocycles. The molecule has 1 aliphatic heterocycles. The number of halogens is 1. The maximum Gasteiger partial charge on any atom is 0.411 e. The van der Waals surface area contributed by atoms with Crippen molar-refractivity contribution in [3.05, 3.63) is 35.6 Å². The Balaban J connectivity index is 2.29. The number of carbonyl (C=O) groups excluding carboxylic acids is 2. The normalized spacial score (nSPS) is 19.9. The van der Waals surface area contributed by atoms with Crippen LogP contribution in [0.1, 0.15) is 78.8 Å². The summed E-state index contributed by atoms with van der Waals surface area (Å²) in [7, 11) is 0. The van der Waals surface area contributed by atoms with Crippen molar-refractivity contribution in [1.82, 2.24) is 4.90 Å². The standard InChI is InChI=1S/C23H34FNO4/c1-7-28-20(26)13-14-23(5,6)19-12-11-18(16-9-8-10-17(24)15-16)25(19)21(27)29-22(2,3)4/h8-10,15,18-19H,7,11-14H2,1-6H3/t18-,19+/m0/s1. The van der Waals surface area contributed by atoms with Crippen LogP contribution in [-0.2, 0) is 14.3 Å². The van der Waals surface area contributed by atoms with Gasteiger partial charge in [-0.25, -0.2) is 9.18 Å². The topological polar surface area (TPSA) is 55.8 Å². The van der Waals surface area contributed by atoms with E-state index in [4.69, 9.17) is 9.47 Å². The Bertz CT molecular complexity index is 726.